The van der Waals surface area contributed by atoms with Crippen molar-refractivity contribution in [2.24, 2.45) is 0 Å². The van der Waals surface area contributed by atoms with Gasteiger partial charge in [0, 0.05) is 0 Å². The number of fused-ring (bicyclic) bond motifs is 2. The van der Waals surface area contributed by atoms with E-state index in [4.69, 9.17) is 23.0 Å². The molecular weight excluding hydrogens is 483 g/mol. The fourth-order valence-electron chi connectivity index (χ4n) is 4.43. The second kappa shape index (κ2) is 11.3. The minimum atomic E-state index is -4.12. The molecule has 1 saturated carbocycles. The zero-order valence-electron chi connectivity index (χ0n) is 19.5. The summed E-state index contributed by atoms with van der Waals surface area (Å²) >= 11 is 0. The molecule has 190 valence electrons. The second-order valence-electron chi connectivity index (χ2n) is 8.85. The molecule has 1 heterocycles. The van der Waals surface area contributed by atoms with Crippen LogP contribution in [0.25, 0.3) is 0 Å². The molecule has 3 aromatic rings. The maximum absolute atomic E-state index is 13.4. The summed E-state index contributed by atoms with van der Waals surface area (Å²) in [6.07, 6.45) is -6.80. The number of ether oxygens (including phenoxy) is 2. The van der Waals surface area contributed by atoms with Crippen LogP contribution < -0.4 is 0 Å². The number of phosphoric acid groups is 1. The summed E-state index contributed by atoms with van der Waals surface area (Å²) in [5.41, 5.74) is 2.57. The van der Waals surface area contributed by atoms with Crippen LogP contribution in [0.4, 0.5) is 0 Å². The highest BCUT2D eigenvalue weighted by Crippen LogP contribution is 2.59. The first-order valence-corrected chi connectivity index (χ1v) is 13.3. The highest BCUT2D eigenvalue weighted by Gasteiger charge is 2.60. The summed E-state index contributed by atoms with van der Waals surface area (Å²) in [6.45, 7) is 0.357. The second-order valence-corrected chi connectivity index (χ2v) is 10.4. The number of aliphatic hydroxyl groups is 2. The van der Waals surface area contributed by atoms with E-state index in [-0.39, 0.29) is 19.8 Å². The highest BCUT2D eigenvalue weighted by molar-refractivity contribution is 7.48. The molecule has 2 aliphatic rings. The molecule has 8 nitrogen and oxygen atoms in total. The fourth-order valence-corrected chi connectivity index (χ4v) is 6.00. The first kappa shape index (κ1) is 25.3. The van der Waals surface area contributed by atoms with Crippen molar-refractivity contribution in [1.82, 2.24) is 0 Å². The van der Waals surface area contributed by atoms with E-state index >= 15 is 0 Å². The molecule has 0 radical (unpaired) electrons. The molecule has 0 unspecified atom stereocenters. The monoisotopic (exact) mass is 512 g/mol. The van der Waals surface area contributed by atoms with E-state index in [0.717, 1.165) is 16.7 Å². The number of hydrogen-bond donors (Lipinski definition) is 2. The third-order valence-corrected chi connectivity index (χ3v) is 7.75. The van der Waals surface area contributed by atoms with Gasteiger partial charge in [-0.1, -0.05) is 91.0 Å². The Bertz CT molecular complexity index is 1150. The van der Waals surface area contributed by atoms with E-state index in [2.05, 4.69) is 0 Å². The quantitative estimate of drug-likeness (QED) is 0.415. The molecule has 0 spiro atoms. The van der Waals surface area contributed by atoms with Gasteiger partial charge in [0.1, 0.15) is 36.6 Å². The zero-order chi connectivity index (χ0) is 25.0. The number of hydrogen-bond acceptors (Lipinski definition) is 8. The normalized spacial score (nSPS) is 31.7. The fraction of sp³-hybridized carbons (Fsp3) is 0.333. The Morgan fingerprint density at radius 1 is 0.611 bits per heavy atom. The SMILES string of the molecule is O=[P@]1(OCc2ccccc2)O[C@H]2[C@H](O)[C@H](OCc3ccccc3)[C@H](OCc3ccccc3)[C@@H](O1)[C@H]2O. The van der Waals surface area contributed by atoms with Gasteiger partial charge in [-0.2, -0.15) is 0 Å². The smallest absolute Gasteiger partial charge is 0.387 e. The van der Waals surface area contributed by atoms with Crippen LogP contribution in [0.1, 0.15) is 16.7 Å². The van der Waals surface area contributed by atoms with Crippen LogP contribution in [0.15, 0.2) is 91.0 Å². The van der Waals surface area contributed by atoms with Crippen molar-refractivity contribution in [3.63, 3.8) is 0 Å². The Balaban J connectivity index is 1.36. The van der Waals surface area contributed by atoms with Gasteiger partial charge < -0.3 is 19.7 Å². The lowest BCUT2D eigenvalue weighted by Gasteiger charge is -2.50. The van der Waals surface area contributed by atoms with Crippen molar-refractivity contribution in [3.8, 4) is 0 Å². The lowest BCUT2D eigenvalue weighted by molar-refractivity contribution is -0.265. The minimum Gasteiger partial charge on any atom is -0.387 e. The van der Waals surface area contributed by atoms with E-state index < -0.39 is 44.4 Å². The predicted octanol–water partition coefficient (Wildman–Crippen LogP) is 4.00. The number of rotatable bonds is 9. The van der Waals surface area contributed by atoms with Gasteiger partial charge in [-0.15, -0.1) is 0 Å². The first-order chi connectivity index (χ1) is 17.5. The van der Waals surface area contributed by atoms with Gasteiger partial charge in [-0.05, 0) is 16.7 Å². The van der Waals surface area contributed by atoms with Crippen molar-refractivity contribution < 1.29 is 37.8 Å². The molecular formula is C27H29O8P. The van der Waals surface area contributed by atoms with Crippen LogP contribution in [0.3, 0.4) is 0 Å². The van der Waals surface area contributed by atoms with Crippen LogP contribution in [0.5, 0.6) is 0 Å². The van der Waals surface area contributed by atoms with Crippen LogP contribution in [-0.4, -0.2) is 46.8 Å². The van der Waals surface area contributed by atoms with Gasteiger partial charge in [-0.3, -0.25) is 13.6 Å². The Hall–Kier alpha value is -2.39. The van der Waals surface area contributed by atoms with Crippen LogP contribution in [0.2, 0.25) is 0 Å². The first-order valence-electron chi connectivity index (χ1n) is 11.8. The topological polar surface area (TPSA) is 104 Å². The summed E-state index contributed by atoms with van der Waals surface area (Å²) in [7, 11) is -4.12. The Morgan fingerprint density at radius 3 is 1.58 bits per heavy atom. The third-order valence-electron chi connectivity index (χ3n) is 6.30. The third kappa shape index (κ3) is 5.78. The molecule has 7 atom stereocenters. The predicted molar refractivity (Wildman–Crippen MR) is 131 cm³/mol. The lowest BCUT2D eigenvalue weighted by Crippen LogP contribution is -2.67. The van der Waals surface area contributed by atoms with Gasteiger partial charge in [0.25, 0.3) is 0 Å². The Labute approximate surface area is 210 Å². The molecule has 36 heavy (non-hydrogen) atoms. The van der Waals surface area contributed by atoms with E-state index in [0.29, 0.717) is 0 Å². The average molecular weight is 512 g/mol. The molecule has 0 aromatic heterocycles. The van der Waals surface area contributed by atoms with Crippen molar-refractivity contribution in [1.29, 1.82) is 0 Å². The number of phosphoric ester groups is 1. The highest BCUT2D eigenvalue weighted by atomic mass is 31.2. The molecule has 1 aliphatic heterocycles. The summed E-state index contributed by atoms with van der Waals surface area (Å²) < 4.78 is 42.5. The molecule has 5 rings (SSSR count). The number of aliphatic hydroxyl groups excluding tert-OH is 2. The van der Waals surface area contributed by atoms with Gasteiger partial charge >= 0.3 is 7.82 Å². The van der Waals surface area contributed by atoms with Crippen molar-refractivity contribution in [2.45, 2.75) is 56.4 Å². The van der Waals surface area contributed by atoms with Crippen LogP contribution >= 0.6 is 7.82 Å². The van der Waals surface area contributed by atoms with Crippen LogP contribution in [-0.2, 0) is 47.4 Å². The molecule has 1 saturated heterocycles. The molecule has 2 bridgehead atoms. The molecule has 1 aliphatic carbocycles. The van der Waals surface area contributed by atoms with Crippen LogP contribution in [0, 0.1) is 0 Å². The largest absolute Gasteiger partial charge is 0.476 e. The van der Waals surface area contributed by atoms with Gasteiger partial charge in [0.05, 0.1) is 19.8 Å². The van der Waals surface area contributed by atoms with E-state index in [9.17, 15) is 14.8 Å². The van der Waals surface area contributed by atoms with Gasteiger partial charge in [0.2, 0.25) is 0 Å². The molecule has 3 aromatic carbocycles. The summed E-state index contributed by atoms with van der Waals surface area (Å²) in [6, 6.07) is 28.1. The Kier molecular flexibility index (Phi) is 7.96. The summed E-state index contributed by atoms with van der Waals surface area (Å²) in [5.74, 6) is 0. The summed E-state index contributed by atoms with van der Waals surface area (Å²) in [4.78, 5) is 0. The lowest BCUT2D eigenvalue weighted by atomic mass is 9.84. The van der Waals surface area contributed by atoms with Crippen molar-refractivity contribution in [3.05, 3.63) is 108 Å². The number of benzene rings is 3. The van der Waals surface area contributed by atoms with E-state index in [1.54, 1.807) is 0 Å². The van der Waals surface area contributed by atoms with Crippen molar-refractivity contribution in [2.75, 3.05) is 0 Å². The molecule has 2 N–H and O–H groups in total. The maximum atomic E-state index is 13.4. The molecule has 9 heteroatoms. The zero-order valence-corrected chi connectivity index (χ0v) is 20.4. The standard InChI is InChI=1S/C27H29O8P/c28-22-24-23(29)26(35-36(30,34-24)33-18-21-14-8-3-9-15-21)27(32-17-20-12-6-2-7-13-20)25(22)31-16-19-10-4-1-5-11-19/h1-15,22-29H,16-18H2/t22-,23-,24-,25-,26-,27-,36-/m0/s1. The molecule has 0 amide bonds. The average Bonchev–Trinajstić information content (AvgIpc) is 2.91. The summed E-state index contributed by atoms with van der Waals surface area (Å²) in [5, 5.41) is 22.1. The minimum absolute atomic E-state index is 0.0206. The van der Waals surface area contributed by atoms with Gasteiger partial charge in [0.15, 0.2) is 0 Å². The maximum Gasteiger partial charge on any atom is 0.476 e. The van der Waals surface area contributed by atoms with E-state index in [1.807, 2.05) is 91.0 Å². The van der Waals surface area contributed by atoms with Gasteiger partial charge in [-0.25, -0.2) is 4.57 Å². The van der Waals surface area contributed by atoms with E-state index in [1.165, 1.54) is 0 Å². The Morgan fingerprint density at radius 2 is 1.06 bits per heavy atom. The molecule has 2 fully saturated rings. The van der Waals surface area contributed by atoms with Crippen molar-refractivity contribution >= 4 is 7.82 Å².